The van der Waals surface area contributed by atoms with Crippen LogP contribution in [0.5, 0.6) is 0 Å². The second kappa shape index (κ2) is 23.8. The van der Waals surface area contributed by atoms with Gasteiger partial charge >= 0.3 is 25.0 Å². The highest BCUT2D eigenvalue weighted by Gasteiger charge is 2.39. The van der Waals surface area contributed by atoms with Crippen LogP contribution in [0.15, 0.2) is 0 Å². The lowest BCUT2D eigenvalue weighted by atomic mass is 9.78. The van der Waals surface area contributed by atoms with Crippen LogP contribution in [-0.4, -0.2) is 208 Å². The van der Waals surface area contributed by atoms with Gasteiger partial charge in [0.2, 0.25) is 17.7 Å². The zero-order valence-electron chi connectivity index (χ0n) is 32.1. The van der Waals surface area contributed by atoms with E-state index in [9.17, 15) is 63.7 Å². The zero-order chi connectivity index (χ0) is 41.2. The van der Waals surface area contributed by atoms with Gasteiger partial charge in [-0.25, -0.2) is 0 Å². The predicted molar refractivity (Wildman–Crippen MR) is 196 cm³/mol. The van der Waals surface area contributed by atoms with Gasteiger partial charge in [-0.05, 0) is 25.7 Å². The van der Waals surface area contributed by atoms with Gasteiger partial charge in [0.15, 0.2) is 5.78 Å². The smallest absolute Gasteiger partial charge is 0.475 e. The molecule has 0 bridgehead atoms. The van der Waals surface area contributed by atoms with Crippen LogP contribution in [0, 0.1) is 11.8 Å². The fourth-order valence-electron chi connectivity index (χ4n) is 6.61. The van der Waals surface area contributed by atoms with Crippen molar-refractivity contribution in [1.82, 2.24) is 35.1 Å². The van der Waals surface area contributed by atoms with Crippen molar-refractivity contribution in [3.63, 3.8) is 0 Å². The molecule has 3 atom stereocenters. The molecule has 21 heteroatoms. The largest absolute Gasteiger partial charge is 0.480 e. The molecule has 0 aromatic heterocycles. The minimum Gasteiger partial charge on any atom is -0.480 e. The maximum absolute atomic E-state index is 13.1. The topological polar surface area (TPSA) is 278 Å². The van der Waals surface area contributed by atoms with Crippen molar-refractivity contribution in [3.05, 3.63) is 0 Å². The Bertz CT molecular complexity index is 1320. The molecule has 55 heavy (non-hydrogen) atoms. The molecule has 7 N–H and O–H groups in total. The molecule has 0 aliphatic carbocycles. The zero-order valence-corrected chi connectivity index (χ0v) is 32.1. The summed E-state index contributed by atoms with van der Waals surface area (Å²) in [5.41, 5.74) is 0. The van der Waals surface area contributed by atoms with Crippen LogP contribution in [0.1, 0.15) is 52.9 Å². The first kappa shape index (κ1) is 47.1. The van der Waals surface area contributed by atoms with Crippen molar-refractivity contribution in [2.24, 2.45) is 11.8 Å². The highest BCUT2D eigenvalue weighted by atomic mass is 16.4. The Kier molecular flexibility index (Phi) is 20.4. The molecule has 0 unspecified atom stereocenters. The van der Waals surface area contributed by atoms with Crippen molar-refractivity contribution in [2.45, 2.75) is 64.9 Å². The third-order valence-electron chi connectivity index (χ3n) is 9.76. The normalized spacial score (nSPS) is 19.5. The summed E-state index contributed by atoms with van der Waals surface area (Å²) in [4.78, 5) is 107. The highest BCUT2D eigenvalue weighted by Crippen LogP contribution is 2.20. The first-order chi connectivity index (χ1) is 25.9. The Morgan fingerprint density at radius 3 is 1.53 bits per heavy atom. The molecule has 2 saturated heterocycles. The first-order valence-corrected chi connectivity index (χ1v) is 18.7. The standard InChI is InChI=1S/C34H58BN7O13/c1-23(2)27(33(52)37-24(3)34(53)42-8-4-5-28(42)35(54)55)17-26(44)18-36-29(45)7-6-25(43)19-38-9-11-39(20-30(46)47)13-15-41(22-32(50)51)16-14-40(12-10-38)21-31(48)49/h23-24,27-28,54-55H,4-22H2,1-3H3,(H,36,45)(H,37,52)(H,46,47)(H,48,49)(H,50,51)/t24-,27+,28+/m1/s1. The van der Waals surface area contributed by atoms with E-state index in [1.54, 1.807) is 33.4 Å². The van der Waals surface area contributed by atoms with E-state index < -0.39 is 66.4 Å². The molecule has 0 aromatic carbocycles. The van der Waals surface area contributed by atoms with Crippen LogP contribution >= 0.6 is 0 Å². The summed E-state index contributed by atoms with van der Waals surface area (Å²) >= 11 is 0. The number of nitrogens with zero attached hydrogens (tertiary/aromatic N) is 5. The minimum absolute atomic E-state index is 0.0930. The van der Waals surface area contributed by atoms with E-state index in [0.29, 0.717) is 19.4 Å². The maximum Gasteiger partial charge on any atom is 0.475 e. The molecule has 2 fully saturated rings. The molecular formula is C34H58BN7O13. The lowest BCUT2D eigenvalue weighted by molar-refractivity contribution is -0.140. The summed E-state index contributed by atoms with van der Waals surface area (Å²) in [5.74, 6) is -7.34. The number of carboxylic acids is 3. The molecule has 20 nitrogen and oxygen atoms in total. The molecule has 3 amide bonds. The molecule has 2 rings (SSSR count). The molecule has 0 saturated carbocycles. The third kappa shape index (κ3) is 18.0. The van der Waals surface area contributed by atoms with E-state index in [4.69, 9.17) is 0 Å². The summed E-state index contributed by atoms with van der Waals surface area (Å²) in [5, 5.41) is 52.4. The lowest BCUT2D eigenvalue weighted by Crippen LogP contribution is -2.53. The Labute approximate surface area is 321 Å². The summed E-state index contributed by atoms with van der Waals surface area (Å²) in [6, 6.07) is -0.967. The second-order valence-electron chi connectivity index (χ2n) is 14.6. The number of nitrogens with one attached hydrogen (secondary N) is 2. The monoisotopic (exact) mass is 783 g/mol. The number of carbonyl (C=O) groups excluding carboxylic acids is 5. The Balaban J connectivity index is 1.91. The molecule has 0 spiro atoms. The summed E-state index contributed by atoms with van der Waals surface area (Å²) in [7, 11) is -1.70. The first-order valence-electron chi connectivity index (χ1n) is 18.7. The Hall–Kier alpha value is -4.02. The number of hydrogen-bond donors (Lipinski definition) is 7. The number of carboxylic acid groups (broad SMARTS) is 3. The van der Waals surface area contributed by atoms with Gasteiger partial charge in [0.1, 0.15) is 11.8 Å². The van der Waals surface area contributed by atoms with Crippen molar-refractivity contribution in [3.8, 4) is 0 Å². The number of amides is 3. The van der Waals surface area contributed by atoms with Crippen LogP contribution in [-0.2, 0) is 38.4 Å². The van der Waals surface area contributed by atoms with E-state index in [1.165, 1.54) is 11.8 Å². The number of ketones is 2. The van der Waals surface area contributed by atoms with Gasteiger partial charge in [0.05, 0.1) is 38.7 Å². The van der Waals surface area contributed by atoms with E-state index in [-0.39, 0.29) is 116 Å². The quantitative estimate of drug-likeness (QED) is 0.0595. The van der Waals surface area contributed by atoms with Crippen LogP contribution < -0.4 is 10.6 Å². The summed E-state index contributed by atoms with van der Waals surface area (Å²) in [6.07, 6.45) is 0.430. The third-order valence-corrected chi connectivity index (χ3v) is 9.76. The minimum atomic E-state index is -1.70. The fraction of sp³-hybridized carbons (Fsp3) is 0.765. The molecule has 2 heterocycles. The Morgan fingerprint density at radius 2 is 1.11 bits per heavy atom. The van der Waals surface area contributed by atoms with Crippen molar-refractivity contribution >= 4 is 54.3 Å². The lowest BCUT2D eigenvalue weighted by Gasteiger charge is -2.32. The van der Waals surface area contributed by atoms with Crippen molar-refractivity contribution < 1.29 is 63.7 Å². The van der Waals surface area contributed by atoms with Crippen LogP contribution in [0.3, 0.4) is 0 Å². The summed E-state index contributed by atoms with van der Waals surface area (Å²) in [6.45, 7) is 5.85. The number of hydrogen-bond acceptors (Lipinski definition) is 14. The highest BCUT2D eigenvalue weighted by molar-refractivity contribution is 6.43. The number of aliphatic carboxylic acids is 3. The van der Waals surface area contributed by atoms with Gasteiger partial charge in [0.25, 0.3) is 0 Å². The van der Waals surface area contributed by atoms with Gasteiger partial charge in [-0.1, -0.05) is 13.8 Å². The molecule has 0 aromatic rings. The van der Waals surface area contributed by atoms with E-state index in [1.807, 2.05) is 0 Å². The van der Waals surface area contributed by atoms with Gasteiger partial charge in [0, 0.05) is 84.1 Å². The second-order valence-corrected chi connectivity index (χ2v) is 14.6. The van der Waals surface area contributed by atoms with E-state index in [2.05, 4.69) is 10.6 Å². The number of rotatable bonds is 20. The van der Waals surface area contributed by atoms with Gasteiger partial charge < -0.3 is 40.9 Å². The van der Waals surface area contributed by atoms with Gasteiger partial charge in [-0.15, -0.1) is 0 Å². The maximum atomic E-state index is 13.1. The molecule has 0 radical (unpaired) electrons. The van der Waals surface area contributed by atoms with Crippen molar-refractivity contribution in [1.29, 1.82) is 0 Å². The van der Waals surface area contributed by atoms with Gasteiger partial charge in [-0.3, -0.25) is 58.0 Å². The molecule has 2 aliphatic heterocycles. The average Bonchev–Trinajstić information content (AvgIpc) is 3.59. The van der Waals surface area contributed by atoms with Crippen molar-refractivity contribution in [2.75, 3.05) is 91.6 Å². The number of carbonyl (C=O) groups is 8. The van der Waals surface area contributed by atoms with Crippen LogP contribution in [0.4, 0.5) is 0 Å². The van der Waals surface area contributed by atoms with E-state index in [0.717, 1.165) is 0 Å². The molecule has 2 aliphatic rings. The number of Topliss-reactive ketones (excluding diaryl/α,β-unsaturated/α-hetero) is 2. The summed E-state index contributed by atoms with van der Waals surface area (Å²) < 4.78 is 0. The fourth-order valence-corrected chi connectivity index (χ4v) is 6.61. The molecule has 310 valence electrons. The van der Waals surface area contributed by atoms with Gasteiger partial charge in [-0.2, -0.15) is 0 Å². The predicted octanol–water partition coefficient (Wildman–Crippen LogP) is -3.33. The van der Waals surface area contributed by atoms with Crippen LogP contribution in [0.25, 0.3) is 0 Å². The Morgan fingerprint density at radius 1 is 0.655 bits per heavy atom. The SMILES string of the molecule is CC(C)[C@H](CC(=O)CNC(=O)CCC(=O)CN1CCN(CC(=O)O)CCN(CC(=O)O)CCN(CC(=O)O)CC1)C(=O)N[C@H](C)C(=O)N1CCC[C@H]1B(O)O. The van der Waals surface area contributed by atoms with Crippen LogP contribution in [0.2, 0.25) is 0 Å². The van der Waals surface area contributed by atoms with E-state index >= 15 is 0 Å². The number of likely N-dealkylation sites (tertiary alicyclic amines) is 1. The molecular weight excluding hydrogens is 725 g/mol. The average molecular weight is 784 g/mol.